The lowest BCUT2D eigenvalue weighted by molar-refractivity contribution is -0.126. The second-order valence-electron chi connectivity index (χ2n) is 3.31. The number of carbonyl (C=O) groups is 1. The first-order valence-electron chi connectivity index (χ1n) is 4.62. The number of carbonyl (C=O) groups excluding carboxylic acids is 1. The number of hydrogen-bond donors (Lipinski definition) is 2. The van der Waals surface area contributed by atoms with E-state index in [1.165, 1.54) is 0 Å². The molecule has 13 heavy (non-hydrogen) atoms. The molecule has 4 heteroatoms. The van der Waals surface area contributed by atoms with E-state index in [2.05, 4.69) is 19.2 Å². The SMILES string of the molecule is CC(C)CCNC(=O)COCCO. The third-order valence-corrected chi connectivity index (χ3v) is 1.51. The van der Waals surface area contributed by atoms with Crippen LogP contribution < -0.4 is 5.32 Å². The van der Waals surface area contributed by atoms with Gasteiger partial charge in [0.25, 0.3) is 0 Å². The highest BCUT2D eigenvalue weighted by molar-refractivity contribution is 5.77. The van der Waals surface area contributed by atoms with Crippen molar-refractivity contribution in [1.29, 1.82) is 0 Å². The maximum atomic E-state index is 11.0. The second-order valence-corrected chi connectivity index (χ2v) is 3.31. The summed E-state index contributed by atoms with van der Waals surface area (Å²) in [6, 6.07) is 0. The molecule has 0 aliphatic rings. The summed E-state index contributed by atoms with van der Waals surface area (Å²) in [5, 5.41) is 11.1. The van der Waals surface area contributed by atoms with Gasteiger partial charge in [0.05, 0.1) is 13.2 Å². The molecular weight excluding hydrogens is 170 g/mol. The predicted octanol–water partition coefficient (Wildman–Crippen LogP) is 0.158. The molecule has 4 nitrogen and oxygen atoms in total. The Kier molecular flexibility index (Phi) is 7.63. The van der Waals surface area contributed by atoms with Crippen LogP contribution in [0.3, 0.4) is 0 Å². The van der Waals surface area contributed by atoms with Crippen LogP contribution in [0.2, 0.25) is 0 Å². The van der Waals surface area contributed by atoms with Gasteiger partial charge in [-0.3, -0.25) is 4.79 Å². The summed E-state index contributed by atoms with van der Waals surface area (Å²) in [7, 11) is 0. The summed E-state index contributed by atoms with van der Waals surface area (Å²) in [5.41, 5.74) is 0. The Morgan fingerprint density at radius 1 is 1.54 bits per heavy atom. The third kappa shape index (κ3) is 9.30. The van der Waals surface area contributed by atoms with Crippen molar-refractivity contribution in [3.05, 3.63) is 0 Å². The van der Waals surface area contributed by atoms with E-state index >= 15 is 0 Å². The lowest BCUT2D eigenvalue weighted by atomic mass is 10.1. The summed E-state index contributed by atoms with van der Waals surface area (Å²) in [4.78, 5) is 11.0. The zero-order chi connectivity index (χ0) is 10.1. The first-order chi connectivity index (χ1) is 6.16. The van der Waals surface area contributed by atoms with E-state index in [0.717, 1.165) is 6.42 Å². The Morgan fingerprint density at radius 2 is 2.23 bits per heavy atom. The highest BCUT2D eigenvalue weighted by Crippen LogP contribution is 1.95. The minimum atomic E-state index is -0.117. The van der Waals surface area contributed by atoms with Crippen LogP contribution in [0.1, 0.15) is 20.3 Å². The first-order valence-corrected chi connectivity index (χ1v) is 4.62. The number of ether oxygens (including phenoxy) is 1. The Bertz CT molecular complexity index is 137. The van der Waals surface area contributed by atoms with E-state index in [9.17, 15) is 4.79 Å². The molecule has 0 saturated heterocycles. The van der Waals surface area contributed by atoms with Gasteiger partial charge < -0.3 is 15.2 Å². The summed E-state index contributed by atoms with van der Waals surface area (Å²) >= 11 is 0. The van der Waals surface area contributed by atoms with Gasteiger partial charge in [-0.05, 0) is 12.3 Å². The van der Waals surface area contributed by atoms with E-state index in [0.29, 0.717) is 12.5 Å². The monoisotopic (exact) mass is 189 g/mol. The molecule has 2 N–H and O–H groups in total. The Balaban J connectivity index is 3.20. The van der Waals surface area contributed by atoms with Crippen molar-refractivity contribution in [2.24, 2.45) is 5.92 Å². The highest BCUT2D eigenvalue weighted by atomic mass is 16.5. The molecule has 0 aliphatic heterocycles. The average molecular weight is 189 g/mol. The fraction of sp³-hybridized carbons (Fsp3) is 0.889. The summed E-state index contributed by atoms with van der Waals surface area (Å²) in [5.74, 6) is 0.479. The molecule has 0 atom stereocenters. The number of hydrogen-bond acceptors (Lipinski definition) is 3. The van der Waals surface area contributed by atoms with Gasteiger partial charge in [0.2, 0.25) is 5.91 Å². The topological polar surface area (TPSA) is 58.6 Å². The molecule has 0 bridgehead atoms. The van der Waals surface area contributed by atoms with Gasteiger partial charge in [-0.25, -0.2) is 0 Å². The van der Waals surface area contributed by atoms with E-state index in [4.69, 9.17) is 9.84 Å². The quantitative estimate of drug-likeness (QED) is 0.561. The molecule has 0 saturated carbocycles. The minimum absolute atomic E-state index is 0.0403. The molecule has 0 aromatic heterocycles. The van der Waals surface area contributed by atoms with E-state index in [1.807, 2.05) is 0 Å². The molecule has 0 fully saturated rings. The van der Waals surface area contributed by atoms with Gasteiger partial charge in [-0.15, -0.1) is 0 Å². The summed E-state index contributed by atoms with van der Waals surface area (Å²) in [6.07, 6.45) is 0.978. The Labute approximate surface area is 79.3 Å². The van der Waals surface area contributed by atoms with Crippen molar-refractivity contribution in [3.63, 3.8) is 0 Å². The standard InChI is InChI=1S/C9H19NO3/c1-8(2)3-4-10-9(12)7-13-6-5-11/h8,11H,3-7H2,1-2H3,(H,10,12). The van der Waals surface area contributed by atoms with Crippen LogP contribution in [0.4, 0.5) is 0 Å². The molecule has 78 valence electrons. The molecule has 0 radical (unpaired) electrons. The number of aliphatic hydroxyl groups excluding tert-OH is 1. The maximum absolute atomic E-state index is 11.0. The normalized spacial score (nSPS) is 10.5. The average Bonchev–Trinajstić information content (AvgIpc) is 2.04. The van der Waals surface area contributed by atoms with Gasteiger partial charge >= 0.3 is 0 Å². The molecule has 0 heterocycles. The van der Waals surface area contributed by atoms with Crippen molar-refractivity contribution in [3.8, 4) is 0 Å². The van der Waals surface area contributed by atoms with Crippen LogP contribution in [0.25, 0.3) is 0 Å². The minimum Gasteiger partial charge on any atom is -0.394 e. The Hall–Kier alpha value is -0.610. The van der Waals surface area contributed by atoms with Crippen molar-refractivity contribution >= 4 is 5.91 Å². The van der Waals surface area contributed by atoms with E-state index in [1.54, 1.807) is 0 Å². The third-order valence-electron chi connectivity index (χ3n) is 1.51. The summed E-state index contributed by atoms with van der Waals surface area (Å²) in [6.45, 7) is 5.12. The van der Waals surface area contributed by atoms with Crippen LogP contribution in [0.5, 0.6) is 0 Å². The van der Waals surface area contributed by atoms with E-state index in [-0.39, 0.29) is 25.7 Å². The van der Waals surface area contributed by atoms with E-state index < -0.39 is 0 Å². The predicted molar refractivity (Wildman–Crippen MR) is 50.4 cm³/mol. The van der Waals surface area contributed by atoms with Gasteiger partial charge in [-0.2, -0.15) is 0 Å². The molecule has 0 aliphatic carbocycles. The number of aliphatic hydroxyl groups is 1. The van der Waals surface area contributed by atoms with Gasteiger partial charge in [0.15, 0.2) is 0 Å². The van der Waals surface area contributed by atoms with Crippen LogP contribution in [0, 0.1) is 5.92 Å². The molecule has 0 spiro atoms. The fourth-order valence-electron chi connectivity index (χ4n) is 0.781. The first kappa shape index (κ1) is 12.4. The van der Waals surface area contributed by atoms with Gasteiger partial charge in [0, 0.05) is 6.54 Å². The van der Waals surface area contributed by atoms with Gasteiger partial charge in [0.1, 0.15) is 6.61 Å². The second kappa shape index (κ2) is 8.01. The Morgan fingerprint density at radius 3 is 2.77 bits per heavy atom. The highest BCUT2D eigenvalue weighted by Gasteiger charge is 2.00. The zero-order valence-corrected chi connectivity index (χ0v) is 8.38. The fourth-order valence-corrected chi connectivity index (χ4v) is 0.781. The van der Waals surface area contributed by atoms with Crippen LogP contribution in [-0.4, -0.2) is 37.4 Å². The lowest BCUT2D eigenvalue weighted by Crippen LogP contribution is -2.29. The van der Waals surface area contributed by atoms with Crippen molar-refractivity contribution in [2.75, 3.05) is 26.4 Å². The number of amides is 1. The molecule has 0 aromatic carbocycles. The maximum Gasteiger partial charge on any atom is 0.245 e. The molecule has 1 amide bonds. The molecule has 0 rings (SSSR count). The lowest BCUT2D eigenvalue weighted by Gasteiger charge is -2.06. The van der Waals surface area contributed by atoms with Crippen LogP contribution >= 0.6 is 0 Å². The van der Waals surface area contributed by atoms with Crippen LogP contribution in [0.15, 0.2) is 0 Å². The molecular formula is C9H19NO3. The van der Waals surface area contributed by atoms with Crippen molar-refractivity contribution in [1.82, 2.24) is 5.32 Å². The smallest absolute Gasteiger partial charge is 0.245 e. The molecule has 0 aromatic rings. The zero-order valence-electron chi connectivity index (χ0n) is 8.38. The van der Waals surface area contributed by atoms with Crippen molar-refractivity contribution in [2.45, 2.75) is 20.3 Å². The van der Waals surface area contributed by atoms with Gasteiger partial charge in [-0.1, -0.05) is 13.8 Å². The largest absolute Gasteiger partial charge is 0.394 e. The molecule has 0 unspecified atom stereocenters. The number of rotatable bonds is 7. The summed E-state index contributed by atoms with van der Waals surface area (Å²) < 4.78 is 4.84. The number of nitrogens with one attached hydrogen (secondary N) is 1. The van der Waals surface area contributed by atoms with Crippen LogP contribution in [-0.2, 0) is 9.53 Å². The van der Waals surface area contributed by atoms with Crippen molar-refractivity contribution < 1.29 is 14.6 Å².